The first-order valence-corrected chi connectivity index (χ1v) is 13.6. The first-order chi connectivity index (χ1) is 18.4. The third-order valence-electron chi connectivity index (χ3n) is 6.63. The molecule has 0 radical (unpaired) electrons. The highest BCUT2D eigenvalue weighted by atomic mass is 35.5. The van der Waals surface area contributed by atoms with Gasteiger partial charge < -0.3 is 20.1 Å². The Balaban J connectivity index is 1.48. The molecule has 2 aromatic rings. The number of likely N-dealkylation sites (tertiary alicyclic amines) is 1. The van der Waals surface area contributed by atoms with E-state index in [1.807, 2.05) is 4.72 Å². The quantitative estimate of drug-likeness (QED) is 0.263. The standard InChI is InChI=1S/C23H23ClF5N5O5S/c1-22(4-5-22)31-20(36)21(37)34-6-3-15(23(28,29)10-34)32-40(38,39)14-9-33(2)18(16(14)24)19(35)30-11-7-12(25)17(27)13(26)8-11/h7-9,15,32H,3-6,10H2,1-2H3,(H,30,35)(H,31,36). The van der Waals surface area contributed by atoms with E-state index >= 15 is 0 Å². The first-order valence-electron chi connectivity index (χ1n) is 11.8. The number of hydrogen-bond acceptors (Lipinski definition) is 5. The maximum absolute atomic E-state index is 14.9. The minimum atomic E-state index is -4.77. The van der Waals surface area contributed by atoms with Gasteiger partial charge in [0.15, 0.2) is 17.5 Å². The number of amides is 3. The maximum Gasteiger partial charge on any atom is 0.312 e. The summed E-state index contributed by atoms with van der Waals surface area (Å²) in [7, 11) is -3.57. The lowest BCUT2D eigenvalue weighted by Gasteiger charge is -2.38. The molecule has 2 heterocycles. The SMILES string of the molecule is Cn1cc(S(=O)(=O)NC2CCN(C(=O)C(=O)NC3(C)CC3)CC2(F)F)c(Cl)c1C(=O)Nc1cc(F)c(F)c(F)c1. The molecule has 0 bridgehead atoms. The van der Waals surface area contributed by atoms with Gasteiger partial charge in [0.05, 0.1) is 17.6 Å². The number of benzene rings is 1. The van der Waals surface area contributed by atoms with Gasteiger partial charge in [0, 0.05) is 43.1 Å². The number of carbonyl (C=O) groups excluding carboxylic acids is 3. The summed E-state index contributed by atoms with van der Waals surface area (Å²) in [6, 6.07) is -1.01. The molecule has 4 rings (SSSR count). The Hall–Kier alpha value is -3.24. The van der Waals surface area contributed by atoms with Gasteiger partial charge >= 0.3 is 11.8 Å². The lowest BCUT2D eigenvalue weighted by Crippen LogP contribution is -2.61. The van der Waals surface area contributed by atoms with Crippen molar-refractivity contribution in [2.75, 3.05) is 18.4 Å². The van der Waals surface area contributed by atoms with Gasteiger partial charge in [-0.15, -0.1) is 0 Å². The largest absolute Gasteiger partial charge is 0.344 e. The Kier molecular flexibility index (Phi) is 7.66. The summed E-state index contributed by atoms with van der Waals surface area (Å²) < 4.78 is 98.9. The number of nitrogens with zero attached hydrogens (tertiary/aromatic N) is 2. The van der Waals surface area contributed by atoms with Crippen LogP contribution in [0.4, 0.5) is 27.6 Å². The van der Waals surface area contributed by atoms with Crippen molar-refractivity contribution in [2.24, 2.45) is 7.05 Å². The predicted octanol–water partition coefficient (Wildman–Crippen LogP) is 2.53. The fourth-order valence-corrected chi connectivity index (χ4v) is 6.12. The van der Waals surface area contributed by atoms with Crippen molar-refractivity contribution in [2.45, 2.75) is 48.6 Å². The minimum absolute atomic E-state index is 0.341. The molecule has 40 heavy (non-hydrogen) atoms. The predicted molar refractivity (Wildman–Crippen MR) is 131 cm³/mol. The van der Waals surface area contributed by atoms with Gasteiger partial charge in [0.1, 0.15) is 10.6 Å². The number of aryl methyl sites for hydroxylation is 1. The second-order valence-corrected chi connectivity index (χ2v) is 12.0. The van der Waals surface area contributed by atoms with Crippen molar-refractivity contribution >= 4 is 45.0 Å². The summed E-state index contributed by atoms with van der Waals surface area (Å²) in [6.45, 7) is 0.150. The molecule has 2 aliphatic rings. The molecular weight excluding hydrogens is 589 g/mol. The number of halogens is 6. The summed E-state index contributed by atoms with van der Waals surface area (Å²) in [6.07, 6.45) is 1.63. The molecule has 1 aliphatic carbocycles. The summed E-state index contributed by atoms with van der Waals surface area (Å²) >= 11 is 6.12. The van der Waals surface area contributed by atoms with Crippen LogP contribution in [-0.4, -0.2) is 66.2 Å². The van der Waals surface area contributed by atoms with Gasteiger partial charge in [-0.1, -0.05) is 11.6 Å². The topological polar surface area (TPSA) is 130 Å². The molecule has 3 N–H and O–H groups in total. The van der Waals surface area contributed by atoms with Gasteiger partial charge in [-0.3, -0.25) is 14.4 Å². The smallest absolute Gasteiger partial charge is 0.312 e. The van der Waals surface area contributed by atoms with Crippen LogP contribution in [0.15, 0.2) is 23.2 Å². The Bertz CT molecular complexity index is 1490. The van der Waals surface area contributed by atoms with Crippen LogP contribution in [0.25, 0.3) is 0 Å². The normalized spacial score (nSPS) is 19.7. The average Bonchev–Trinajstić information content (AvgIpc) is 3.48. The molecule has 0 spiro atoms. The van der Waals surface area contributed by atoms with Crippen LogP contribution in [0.3, 0.4) is 0 Å². The molecule has 2 fully saturated rings. The highest BCUT2D eigenvalue weighted by molar-refractivity contribution is 7.89. The minimum Gasteiger partial charge on any atom is -0.344 e. The third kappa shape index (κ3) is 5.93. The van der Waals surface area contributed by atoms with Crippen LogP contribution >= 0.6 is 11.6 Å². The summed E-state index contributed by atoms with van der Waals surface area (Å²) in [5.41, 5.74) is -1.55. The fourth-order valence-electron chi connectivity index (χ4n) is 4.13. The molecule has 1 saturated carbocycles. The van der Waals surface area contributed by atoms with E-state index in [0.29, 0.717) is 29.9 Å². The first kappa shape index (κ1) is 29.7. The van der Waals surface area contributed by atoms with E-state index in [1.54, 1.807) is 6.92 Å². The zero-order valence-corrected chi connectivity index (χ0v) is 22.5. The lowest BCUT2D eigenvalue weighted by atomic mass is 10.0. The fraction of sp³-hybridized carbons (Fsp3) is 0.435. The van der Waals surface area contributed by atoms with Crippen LogP contribution in [0, 0.1) is 17.5 Å². The van der Waals surface area contributed by atoms with Gasteiger partial charge in [0.2, 0.25) is 10.0 Å². The zero-order valence-electron chi connectivity index (χ0n) is 21.0. The Morgan fingerprint density at radius 2 is 1.70 bits per heavy atom. The Morgan fingerprint density at radius 1 is 1.10 bits per heavy atom. The molecule has 1 aromatic carbocycles. The van der Waals surface area contributed by atoms with Crippen LogP contribution in [0.1, 0.15) is 36.7 Å². The van der Waals surface area contributed by atoms with Crippen LogP contribution in [0.2, 0.25) is 5.02 Å². The molecule has 1 aromatic heterocycles. The van der Waals surface area contributed by atoms with Crippen molar-refractivity contribution in [3.05, 3.63) is 46.5 Å². The van der Waals surface area contributed by atoms with Crippen molar-refractivity contribution in [3.63, 3.8) is 0 Å². The molecule has 17 heteroatoms. The van der Waals surface area contributed by atoms with E-state index in [9.17, 15) is 44.8 Å². The second-order valence-electron chi connectivity index (χ2n) is 9.94. The monoisotopic (exact) mass is 611 g/mol. The summed E-state index contributed by atoms with van der Waals surface area (Å²) in [4.78, 5) is 37.1. The lowest BCUT2D eigenvalue weighted by molar-refractivity contribution is -0.154. The van der Waals surface area contributed by atoms with Crippen molar-refractivity contribution in [3.8, 4) is 0 Å². The van der Waals surface area contributed by atoms with Crippen molar-refractivity contribution in [1.82, 2.24) is 19.5 Å². The number of aromatic nitrogens is 1. The number of nitrogens with one attached hydrogen (secondary N) is 3. The van der Waals surface area contributed by atoms with Gasteiger partial charge in [0.25, 0.3) is 11.8 Å². The van der Waals surface area contributed by atoms with Crippen LogP contribution in [-0.2, 0) is 26.7 Å². The Labute approximate surface area is 229 Å². The number of anilines is 1. The van der Waals surface area contributed by atoms with Gasteiger partial charge in [-0.25, -0.2) is 35.1 Å². The number of alkyl halides is 2. The van der Waals surface area contributed by atoms with Crippen molar-refractivity contribution < 1.29 is 44.8 Å². The number of piperidine rings is 1. The third-order valence-corrected chi connectivity index (χ3v) is 8.61. The van der Waals surface area contributed by atoms with E-state index in [2.05, 4.69) is 10.6 Å². The van der Waals surface area contributed by atoms with E-state index < -0.39 is 97.0 Å². The molecule has 3 amide bonds. The highest BCUT2D eigenvalue weighted by Gasteiger charge is 2.49. The molecule has 10 nitrogen and oxygen atoms in total. The van der Waals surface area contributed by atoms with Gasteiger partial charge in [-0.05, 0) is 26.2 Å². The van der Waals surface area contributed by atoms with E-state index in [4.69, 9.17) is 11.6 Å². The van der Waals surface area contributed by atoms with Crippen molar-refractivity contribution in [1.29, 1.82) is 0 Å². The molecule has 1 atom stereocenters. The van der Waals surface area contributed by atoms with E-state index in [1.165, 1.54) is 7.05 Å². The molecular formula is C23H23ClF5N5O5S. The zero-order chi connectivity index (χ0) is 29.8. The molecule has 1 saturated heterocycles. The average molecular weight is 612 g/mol. The van der Waals surface area contributed by atoms with Crippen LogP contribution < -0.4 is 15.4 Å². The number of carbonyl (C=O) groups is 3. The maximum atomic E-state index is 14.9. The Morgan fingerprint density at radius 3 is 2.25 bits per heavy atom. The highest BCUT2D eigenvalue weighted by Crippen LogP contribution is 2.35. The number of hydrogen-bond donors (Lipinski definition) is 3. The molecule has 218 valence electrons. The van der Waals surface area contributed by atoms with Gasteiger partial charge in [-0.2, -0.15) is 0 Å². The summed E-state index contributed by atoms with van der Waals surface area (Å²) in [5, 5.41) is 3.85. The molecule has 1 unspecified atom stereocenters. The van der Waals surface area contributed by atoms with E-state index in [-0.39, 0.29) is 6.54 Å². The summed E-state index contributed by atoms with van der Waals surface area (Å²) in [5.74, 6) is -12.0. The number of sulfonamides is 1. The second kappa shape index (κ2) is 10.3. The molecule has 1 aliphatic heterocycles. The number of rotatable bonds is 6. The van der Waals surface area contributed by atoms with Crippen LogP contribution in [0.5, 0.6) is 0 Å². The van der Waals surface area contributed by atoms with E-state index in [0.717, 1.165) is 10.8 Å².